The number of nitrogens with one attached hydrogen (secondary N) is 2. The molecule has 6 nitrogen and oxygen atoms in total. The molecule has 128 valence electrons. The average molecular weight is 366 g/mol. The number of H-pyrrole nitrogens is 1. The molecule has 26 heavy (non-hydrogen) atoms. The highest BCUT2D eigenvalue weighted by Crippen LogP contribution is 2.21. The summed E-state index contributed by atoms with van der Waals surface area (Å²) in [4.78, 5) is 27.8. The summed E-state index contributed by atoms with van der Waals surface area (Å²) in [6.45, 7) is 0. The molecule has 2 heterocycles. The quantitative estimate of drug-likeness (QED) is 0.585. The van der Waals surface area contributed by atoms with Gasteiger partial charge in [0.1, 0.15) is 11.4 Å². The van der Waals surface area contributed by atoms with Gasteiger partial charge < -0.3 is 9.72 Å². The van der Waals surface area contributed by atoms with Crippen molar-refractivity contribution >= 4 is 39.3 Å². The van der Waals surface area contributed by atoms with Gasteiger partial charge in [-0.05, 0) is 42.5 Å². The van der Waals surface area contributed by atoms with Crippen molar-refractivity contribution in [3.05, 3.63) is 75.7 Å². The summed E-state index contributed by atoms with van der Waals surface area (Å²) in [6.07, 6.45) is 0. The number of halogens is 1. The van der Waals surface area contributed by atoms with E-state index >= 15 is 0 Å². The van der Waals surface area contributed by atoms with Gasteiger partial charge in [0.25, 0.3) is 5.91 Å². The van der Waals surface area contributed by atoms with Crippen LogP contribution in [0.25, 0.3) is 21.8 Å². The molecule has 2 aromatic carbocycles. The number of aromatic amines is 1. The molecule has 7 heteroatoms. The molecule has 0 aliphatic rings. The van der Waals surface area contributed by atoms with E-state index in [4.69, 9.17) is 16.3 Å². The Morgan fingerprint density at radius 2 is 2.04 bits per heavy atom. The number of ether oxygens (including phenoxy) is 1. The Morgan fingerprint density at radius 1 is 1.19 bits per heavy atom. The molecule has 0 bridgehead atoms. The number of amides is 1. The third-order valence-electron chi connectivity index (χ3n) is 3.99. The van der Waals surface area contributed by atoms with Gasteiger partial charge in [0.15, 0.2) is 0 Å². The van der Waals surface area contributed by atoms with Crippen molar-refractivity contribution in [1.82, 2.24) is 9.66 Å². The number of carbonyl (C=O) groups excluding carboxylic acids is 1. The standard InChI is InChI=1S/C19H12ClN3O3/c1-26-14-4-6-17-11(9-14)2-7-18(24)23(17)22-19(25)16-10-12-8-13(20)3-5-15(12)21-16/h3-6,8-10,21H,1H3,(H,22,25). The van der Waals surface area contributed by atoms with E-state index in [1.807, 2.05) is 0 Å². The molecule has 0 saturated carbocycles. The molecule has 0 aliphatic heterocycles. The van der Waals surface area contributed by atoms with Gasteiger partial charge in [-0.2, -0.15) is 0 Å². The number of rotatable bonds is 3. The molecule has 4 rings (SSSR count). The summed E-state index contributed by atoms with van der Waals surface area (Å²) in [7, 11) is 1.55. The van der Waals surface area contributed by atoms with Gasteiger partial charge in [-0.3, -0.25) is 15.0 Å². The van der Waals surface area contributed by atoms with E-state index in [9.17, 15) is 9.59 Å². The maximum Gasteiger partial charge on any atom is 0.322 e. The van der Waals surface area contributed by atoms with Crippen LogP contribution in [-0.4, -0.2) is 22.7 Å². The number of benzene rings is 2. The van der Waals surface area contributed by atoms with Crippen molar-refractivity contribution in [2.45, 2.75) is 0 Å². The maximum absolute atomic E-state index is 12.6. The van der Waals surface area contributed by atoms with E-state index in [0.717, 1.165) is 15.6 Å². The van der Waals surface area contributed by atoms with Crippen LogP contribution < -0.4 is 15.7 Å². The van der Waals surface area contributed by atoms with Crippen LogP contribution >= 0.6 is 11.6 Å². The maximum atomic E-state index is 12.6. The Balaban J connectivity index is 1.74. The lowest BCUT2D eigenvalue weighted by Gasteiger charge is -2.09. The van der Waals surface area contributed by atoms with E-state index in [0.29, 0.717) is 27.4 Å². The van der Waals surface area contributed by atoms with Crippen LogP contribution in [0.15, 0.2) is 47.3 Å². The number of methoxy groups -OCH3 is 1. The van der Waals surface area contributed by atoms with E-state index in [1.54, 1.807) is 49.6 Å². The molecule has 0 fully saturated rings. The van der Waals surface area contributed by atoms with Crippen molar-refractivity contribution < 1.29 is 9.53 Å². The molecule has 2 N–H and O–H groups in total. The van der Waals surface area contributed by atoms with Crippen LogP contribution in [0.1, 0.15) is 10.5 Å². The highest BCUT2D eigenvalue weighted by Gasteiger charge is 2.12. The van der Waals surface area contributed by atoms with E-state index < -0.39 is 11.5 Å². The molecular formula is C19H12ClN3O3. The first-order valence-corrected chi connectivity index (χ1v) is 8.06. The van der Waals surface area contributed by atoms with Crippen LogP contribution in [0.4, 0.5) is 0 Å². The molecule has 0 radical (unpaired) electrons. The van der Waals surface area contributed by atoms with E-state index in [2.05, 4.69) is 22.5 Å². The minimum Gasteiger partial charge on any atom is -0.497 e. The molecule has 2 aromatic heterocycles. The Kier molecular flexibility index (Phi) is 3.79. The van der Waals surface area contributed by atoms with Crippen LogP contribution in [0.3, 0.4) is 0 Å². The van der Waals surface area contributed by atoms with Crippen LogP contribution in [0, 0.1) is 12.1 Å². The molecule has 0 aliphatic carbocycles. The Labute approximate surface area is 152 Å². The summed E-state index contributed by atoms with van der Waals surface area (Å²) in [5.41, 5.74) is 3.64. The number of hydrogen-bond donors (Lipinski definition) is 2. The van der Waals surface area contributed by atoms with Crippen molar-refractivity contribution in [3.8, 4) is 5.75 Å². The second-order valence-corrected chi connectivity index (χ2v) is 6.07. The lowest BCUT2D eigenvalue weighted by atomic mass is 10.2. The van der Waals surface area contributed by atoms with Crippen LogP contribution in [0.2, 0.25) is 5.02 Å². The molecule has 0 unspecified atom stereocenters. The molecule has 0 spiro atoms. The summed E-state index contributed by atoms with van der Waals surface area (Å²) in [5, 5.41) is 1.97. The summed E-state index contributed by atoms with van der Waals surface area (Å²) >= 11 is 5.97. The number of nitrogens with zero attached hydrogens (tertiary/aromatic N) is 1. The van der Waals surface area contributed by atoms with Gasteiger partial charge in [0, 0.05) is 22.0 Å². The van der Waals surface area contributed by atoms with Gasteiger partial charge in [0.2, 0.25) is 0 Å². The smallest absolute Gasteiger partial charge is 0.322 e. The monoisotopic (exact) mass is 365 g/mol. The molecule has 1 amide bonds. The number of carbonyl (C=O) groups is 1. The third kappa shape index (κ3) is 2.75. The fourth-order valence-electron chi connectivity index (χ4n) is 2.72. The Morgan fingerprint density at radius 3 is 2.85 bits per heavy atom. The largest absolute Gasteiger partial charge is 0.497 e. The highest BCUT2D eigenvalue weighted by atomic mass is 35.5. The number of aromatic nitrogens is 2. The molecule has 0 atom stereocenters. The first kappa shape index (κ1) is 16.1. The van der Waals surface area contributed by atoms with Crippen LogP contribution in [-0.2, 0) is 0 Å². The molecule has 0 saturated heterocycles. The Bertz CT molecular complexity index is 1210. The summed E-state index contributed by atoms with van der Waals surface area (Å²) < 4.78 is 6.29. The fourth-order valence-corrected chi connectivity index (χ4v) is 2.90. The number of hydrogen-bond acceptors (Lipinski definition) is 3. The zero-order chi connectivity index (χ0) is 18.3. The molecule has 4 aromatic rings. The summed E-state index contributed by atoms with van der Waals surface area (Å²) in [6, 6.07) is 17.3. The number of fused-ring (bicyclic) bond motifs is 2. The van der Waals surface area contributed by atoms with Crippen molar-refractivity contribution in [2.75, 3.05) is 12.5 Å². The highest BCUT2D eigenvalue weighted by molar-refractivity contribution is 6.31. The second kappa shape index (κ2) is 6.14. The van der Waals surface area contributed by atoms with Gasteiger partial charge in [-0.1, -0.05) is 17.7 Å². The fraction of sp³-hybridized carbons (Fsp3) is 0.0526. The van der Waals surface area contributed by atoms with Crippen LogP contribution in [0.5, 0.6) is 5.75 Å². The predicted molar refractivity (Wildman–Crippen MR) is 99.4 cm³/mol. The average Bonchev–Trinajstić information content (AvgIpc) is 3.06. The zero-order valence-corrected chi connectivity index (χ0v) is 14.3. The van der Waals surface area contributed by atoms with Gasteiger partial charge in [0.05, 0.1) is 18.0 Å². The predicted octanol–water partition coefficient (Wildman–Crippen LogP) is 3.13. The van der Waals surface area contributed by atoms with E-state index in [1.165, 1.54) is 0 Å². The third-order valence-corrected chi connectivity index (χ3v) is 4.23. The minimum atomic E-state index is -0.518. The first-order valence-electron chi connectivity index (χ1n) is 7.68. The van der Waals surface area contributed by atoms with Crippen molar-refractivity contribution in [2.24, 2.45) is 0 Å². The van der Waals surface area contributed by atoms with E-state index in [-0.39, 0.29) is 0 Å². The lowest BCUT2D eigenvalue weighted by molar-refractivity contribution is 0.100. The normalized spacial score (nSPS) is 10.7. The first-order chi connectivity index (χ1) is 12.5. The van der Waals surface area contributed by atoms with Gasteiger partial charge in [-0.15, -0.1) is 0 Å². The second-order valence-electron chi connectivity index (χ2n) is 5.63. The minimum absolute atomic E-state index is 0.309. The topological polar surface area (TPSA) is 76.1 Å². The van der Waals surface area contributed by atoms with Crippen molar-refractivity contribution in [1.29, 1.82) is 0 Å². The SMILES string of the molecule is COc1ccc2c(c#cc(=O)n2NC(=O)c2cc3cc(Cl)ccc3[nH]2)c1. The summed E-state index contributed by atoms with van der Waals surface area (Å²) in [5.74, 6) is 0.155. The van der Waals surface area contributed by atoms with Gasteiger partial charge >= 0.3 is 5.56 Å². The molecular weight excluding hydrogens is 354 g/mol. The van der Waals surface area contributed by atoms with Crippen molar-refractivity contribution in [3.63, 3.8) is 0 Å². The lowest BCUT2D eigenvalue weighted by Crippen LogP contribution is -2.32. The Hall–Kier alpha value is -3.43. The van der Waals surface area contributed by atoms with Gasteiger partial charge in [-0.25, -0.2) is 4.68 Å². The zero-order valence-electron chi connectivity index (χ0n) is 13.6.